The fourth-order valence-corrected chi connectivity index (χ4v) is 1.74. The van der Waals surface area contributed by atoms with Gasteiger partial charge >= 0.3 is 0 Å². The molecule has 0 saturated carbocycles. The van der Waals surface area contributed by atoms with Gasteiger partial charge in [0.1, 0.15) is 12.2 Å². The zero-order valence-corrected chi connectivity index (χ0v) is 13.4. The maximum Gasteiger partial charge on any atom is 0.237 e. The lowest BCUT2D eigenvalue weighted by Gasteiger charge is -2.23. The molecule has 0 aromatic carbocycles. The fraction of sp³-hybridized carbons (Fsp3) is 0.786. The highest BCUT2D eigenvalue weighted by atomic mass is 16.2. The molecule has 0 radical (unpaired) electrons. The van der Waals surface area contributed by atoms with E-state index in [1.807, 2.05) is 32.4 Å². The number of hydrogen-bond acceptors (Lipinski definition) is 4. The molecule has 6 heteroatoms. The zero-order valence-electron chi connectivity index (χ0n) is 13.4. The summed E-state index contributed by atoms with van der Waals surface area (Å²) in [4.78, 5) is 16.2. The third-order valence-electron chi connectivity index (χ3n) is 2.69. The first-order valence-corrected chi connectivity index (χ1v) is 7.11. The Morgan fingerprint density at radius 3 is 2.55 bits per heavy atom. The third-order valence-corrected chi connectivity index (χ3v) is 2.69. The van der Waals surface area contributed by atoms with E-state index in [0.717, 1.165) is 12.4 Å². The molecule has 20 heavy (non-hydrogen) atoms. The molecule has 0 spiro atoms. The Labute approximate surface area is 121 Å². The van der Waals surface area contributed by atoms with Crippen molar-refractivity contribution in [3.05, 3.63) is 12.2 Å². The minimum absolute atomic E-state index is 0.00701. The van der Waals surface area contributed by atoms with Crippen molar-refractivity contribution in [2.75, 3.05) is 0 Å². The van der Waals surface area contributed by atoms with Crippen LogP contribution in [-0.4, -0.2) is 32.3 Å². The Balaban J connectivity index is 2.51. The van der Waals surface area contributed by atoms with Gasteiger partial charge in [0.15, 0.2) is 0 Å². The van der Waals surface area contributed by atoms with Crippen molar-refractivity contribution in [2.45, 2.75) is 66.2 Å². The van der Waals surface area contributed by atoms with Gasteiger partial charge in [-0.15, -0.1) is 0 Å². The highest BCUT2D eigenvalue weighted by molar-refractivity contribution is 5.81. The van der Waals surface area contributed by atoms with Gasteiger partial charge in [0.25, 0.3) is 0 Å². The number of rotatable bonds is 6. The van der Waals surface area contributed by atoms with Crippen LogP contribution in [0.1, 0.15) is 47.4 Å². The number of amides is 1. The number of hydrogen-bond donors (Lipinski definition) is 2. The van der Waals surface area contributed by atoms with E-state index in [9.17, 15) is 4.79 Å². The topological polar surface area (TPSA) is 71.8 Å². The number of aromatic nitrogens is 3. The fourth-order valence-electron chi connectivity index (χ4n) is 1.74. The molecule has 1 aromatic heterocycles. The van der Waals surface area contributed by atoms with Gasteiger partial charge in [-0.1, -0.05) is 13.8 Å². The zero-order chi connectivity index (χ0) is 15.3. The van der Waals surface area contributed by atoms with E-state index in [2.05, 4.69) is 34.6 Å². The van der Waals surface area contributed by atoms with Gasteiger partial charge < -0.3 is 5.32 Å². The Hall–Kier alpha value is -1.43. The largest absolute Gasteiger partial charge is 0.350 e. The lowest BCUT2D eigenvalue weighted by atomic mass is 10.1. The lowest BCUT2D eigenvalue weighted by molar-refractivity contribution is -0.124. The van der Waals surface area contributed by atoms with E-state index in [1.165, 1.54) is 0 Å². The summed E-state index contributed by atoms with van der Waals surface area (Å²) in [6, 6.07) is -0.265. The minimum Gasteiger partial charge on any atom is -0.350 e. The maximum atomic E-state index is 12.0. The lowest BCUT2D eigenvalue weighted by Crippen LogP contribution is -2.49. The second-order valence-electron chi connectivity index (χ2n) is 6.59. The smallest absolute Gasteiger partial charge is 0.237 e. The van der Waals surface area contributed by atoms with Crippen LogP contribution in [0.2, 0.25) is 0 Å². The summed E-state index contributed by atoms with van der Waals surface area (Å²) in [5.41, 5.74) is -0.218. The Kier molecular flexibility index (Phi) is 5.68. The van der Waals surface area contributed by atoms with Crippen molar-refractivity contribution < 1.29 is 4.79 Å². The van der Waals surface area contributed by atoms with E-state index in [0.29, 0.717) is 12.5 Å². The van der Waals surface area contributed by atoms with E-state index in [4.69, 9.17) is 0 Å². The van der Waals surface area contributed by atoms with Gasteiger partial charge in [-0.05, 0) is 33.6 Å². The molecule has 1 amide bonds. The average Bonchev–Trinajstić information content (AvgIpc) is 2.70. The number of nitrogens with zero attached hydrogens (tertiary/aromatic N) is 3. The van der Waals surface area contributed by atoms with Crippen molar-refractivity contribution in [3.63, 3.8) is 0 Å². The molecular formula is C14H27N5O. The molecule has 0 aliphatic rings. The predicted molar refractivity (Wildman–Crippen MR) is 79.1 cm³/mol. The number of carbonyl (C=O) groups is 1. The van der Waals surface area contributed by atoms with Crippen molar-refractivity contribution in [1.82, 2.24) is 25.4 Å². The van der Waals surface area contributed by atoms with E-state index in [1.54, 1.807) is 6.33 Å². The van der Waals surface area contributed by atoms with Crippen LogP contribution >= 0.6 is 0 Å². The van der Waals surface area contributed by atoms with Crippen LogP contribution in [0, 0.1) is 5.92 Å². The highest BCUT2D eigenvalue weighted by Gasteiger charge is 2.19. The molecule has 114 valence electrons. The monoisotopic (exact) mass is 281 g/mol. The molecule has 0 aliphatic heterocycles. The summed E-state index contributed by atoms with van der Waals surface area (Å²) >= 11 is 0. The van der Waals surface area contributed by atoms with Gasteiger partial charge in [0, 0.05) is 12.1 Å². The number of nitrogens with one attached hydrogen (secondary N) is 2. The van der Waals surface area contributed by atoms with E-state index < -0.39 is 0 Å². The second kappa shape index (κ2) is 6.83. The molecule has 0 aliphatic carbocycles. The maximum absolute atomic E-state index is 12.0. The summed E-state index contributed by atoms with van der Waals surface area (Å²) in [6.45, 7) is 13.4. The molecular weight excluding hydrogens is 254 g/mol. The van der Waals surface area contributed by atoms with Crippen molar-refractivity contribution >= 4 is 5.91 Å². The molecule has 1 heterocycles. The predicted octanol–water partition coefficient (Wildman–Crippen LogP) is 1.33. The molecule has 1 atom stereocenters. The molecule has 0 saturated heterocycles. The van der Waals surface area contributed by atoms with Crippen LogP contribution in [0.3, 0.4) is 0 Å². The normalized spacial score (nSPS) is 13.6. The van der Waals surface area contributed by atoms with Gasteiger partial charge in [0.2, 0.25) is 5.91 Å². The molecule has 6 nitrogen and oxygen atoms in total. The van der Waals surface area contributed by atoms with Crippen LogP contribution in [0.15, 0.2) is 6.33 Å². The van der Waals surface area contributed by atoms with Gasteiger partial charge in [0.05, 0.1) is 12.6 Å². The van der Waals surface area contributed by atoms with Crippen LogP contribution in [0.5, 0.6) is 0 Å². The highest BCUT2D eigenvalue weighted by Crippen LogP contribution is 2.02. The molecule has 0 fully saturated rings. The van der Waals surface area contributed by atoms with Gasteiger partial charge in [-0.2, -0.15) is 5.10 Å². The quantitative estimate of drug-likeness (QED) is 0.825. The third kappa shape index (κ3) is 5.69. The summed E-state index contributed by atoms with van der Waals surface area (Å²) in [7, 11) is 0. The first kappa shape index (κ1) is 16.6. The van der Waals surface area contributed by atoms with Crippen molar-refractivity contribution in [1.29, 1.82) is 0 Å². The summed E-state index contributed by atoms with van der Waals surface area (Å²) in [5, 5.41) is 10.3. The van der Waals surface area contributed by atoms with Crippen LogP contribution < -0.4 is 10.6 Å². The van der Waals surface area contributed by atoms with Gasteiger partial charge in [-0.3, -0.25) is 10.1 Å². The molecule has 2 N–H and O–H groups in total. The Morgan fingerprint density at radius 1 is 1.35 bits per heavy atom. The Bertz CT molecular complexity index is 433. The minimum atomic E-state index is -0.265. The van der Waals surface area contributed by atoms with Gasteiger partial charge in [-0.25, -0.2) is 9.67 Å². The molecule has 1 aromatic rings. The SMILES string of the molecule is CC(C)Cn1ncnc1CNC(C)C(=O)NC(C)(C)C. The number of carbonyl (C=O) groups excluding carboxylic acids is 1. The van der Waals surface area contributed by atoms with E-state index >= 15 is 0 Å². The van der Waals surface area contributed by atoms with Crippen LogP contribution in [0.25, 0.3) is 0 Å². The Morgan fingerprint density at radius 2 is 2.00 bits per heavy atom. The van der Waals surface area contributed by atoms with E-state index in [-0.39, 0.29) is 17.5 Å². The first-order chi connectivity index (χ1) is 9.19. The first-order valence-electron chi connectivity index (χ1n) is 7.11. The standard InChI is InChI=1S/C14H27N5O/c1-10(2)8-19-12(16-9-17-19)7-15-11(3)13(20)18-14(4,5)6/h9-11,15H,7-8H2,1-6H3,(H,18,20). The summed E-state index contributed by atoms with van der Waals surface area (Å²) in [5.74, 6) is 1.36. The summed E-state index contributed by atoms with van der Waals surface area (Å²) < 4.78 is 1.88. The van der Waals surface area contributed by atoms with Crippen LogP contribution in [0.4, 0.5) is 0 Å². The average molecular weight is 281 g/mol. The second-order valence-corrected chi connectivity index (χ2v) is 6.59. The molecule has 0 bridgehead atoms. The van der Waals surface area contributed by atoms with Crippen molar-refractivity contribution in [2.24, 2.45) is 5.92 Å². The molecule has 1 rings (SSSR count). The molecule has 1 unspecified atom stereocenters. The van der Waals surface area contributed by atoms with Crippen molar-refractivity contribution in [3.8, 4) is 0 Å². The van der Waals surface area contributed by atoms with Crippen LogP contribution in [-0.2, 0) is 17.9 Å². The summed E-state index contributed by atoms with van der Waals surface area (Å²) in [6.07, 6.45) is 1.55.